The van der Waals surface area contributed by atoms with Crippen LogP contribution in [-0.4, -0.2) is 25.5 Å². The molecule has 0 aliphatic carbocycles. The van der Waals surface area contributed by atoms with Gasteiger partial charge in [-0.1, -0.05) is 17.3 Å². The van der Waals surface area contributed by atoms with Gasteiger partial charge in [0.05, 0.1) is 10.9 Å². The van der Waals surface area contributed by atoms with E-state index in [2.05, 4.69) is 10.3 Å². The molecule has 4 rings (SSSR count). The summed E-state index contributed by atoms with van der Waals surface area (Å²) >= 11 is 0. The maximum Gasteiger partial charge on any atom is 0.341 e. The SMILES string of the molecule is Cc1cc(C(=O)OCn2nnc3ccccc3c2=O)c(C)n1-c1ccc(F)cc1. The van der Waals surface area contributed by atoms with E-state index in [-0.39, 0.29) is 18.1 Å². The van der Waals surface area contributed by atoms with Gasteiger partial charge < -0.3 is 9.30 Å². The Labute approximate surface area is 165 Å². The summed E-state index contributed by atoms with van der Waals surface area (Å²) in [6.07, 6.45) is 0. The number of esters is 1. The number of hydrogen-bond acceptors (Lipinski definition) is 5. The van der Waals surface area contributed by atoms with E-state index in [1.165, 1.54) is 12.1 Å². The molecule has 2 heterocycles. The fraction of sp³-hybridized carbons (Fsp3) is 0.143. The molecule has 0 saturated heterocycles. The zero-order chi connectivity index (χ0) is 20.5. The number of fused-ring (bicyclic) bond motifs is 1. The number of hydrogen-bond donors (Lipinski definition) is 0. The van der Waals surface area contributed by atoms with Crippen LogP contribution in [0, 0.1) is 19.7 Å². The van der Waals surface area contributed by atoms with Crippen LogP contribution in [0.5, 0.6) is 0 Å². The lowest BCUT2D eigenvalue weighted by atomic mass is 10.2. The first kappa shape index (κ1) is 18.5. The number of halogens is 1. The monoisotopic (exact) mass is 392 g/mol. The molecule has 0 unspecified atom stereocenters. The molecule has 0 bridgehead atoms. The molecular formula is C21H17FN4O3. The molecule has 0 atom stereocenters. The lowest BCUT2D eigenvalue weighted by Crippen LogP contribution is -2.26. The molecule has 0 aliphatic heterocycles. The third-order valence-corrected chi connectivity index (χ3v) is 4.68. The molecule has 0 spiro atoms. The van der Waals surface area contributed by atoms with E-state index >= 15 is 0 Å². The van der Waals surface area contributed by atoms with Crippen LogP contribution in [0.15, 0.2) is 59.4 Å². The lowest BCUT2D eigenvalue weighted by molar-refractivity contribution is 0.0335. The highest BCUT2D eigenvalue weighted by atomic mass is 19.1. The van der Waals surface area contributed by atoms with Gasteiger partial charge in [-0.3, -0.25) is 4.79 Å². The topological polar surface area (TPSA) is 79.0 Å². The zero-order valence-electron chi connectivity index (χ0n) is 15.8. The van der Waals surface area contributed by atoms with Gasteiger partial charge in [-0.2, -0.15) is 4.68 Å². The normalized spacial score (nSPS) is 11.0. The first-order valence-corrected chi connectivity index (χ1v) is 8.90. The summed E-state index contributed by atoms with van der Waals surface area (Å²) in [6, 6.07) is 14.5. The Balaban J connectivity index is 1.58. The first-order chi connectivity index (χ1) is 14.0. The number of benzene rings is 2. The number of carbonyl (C=O) groups is 1. The highest BCUT2D eigenvalue weighted by Crippen LogP contribution is 2.22. The Morgan fingerprint density at radius 3 is 2.59 bits per heavy atom. The maximum atomic E-state index is 13.2. The van der Waals surface area contributed by atoms with Gasteiger partial charge in [0.1, 0.15) is 11.3 Å². The van der Waals surface area contributed by atoms with Crippen molar-refractivity contribution >= 4 is 16.9 Å². The van der Waals surface area contributed by atoms with Crippen molar-refractivity contribution in [1.29, 1.82) is 0 Å². The van der Waals surface area contributed by atoms with Gasteiger partial charge in [0.2, 0.25) is 0 Å². The zero-order valence-corrected chi connectivity index (χ0v) is 15.8. The summed E-state index contributed by atoms with van der Waals surface area (Å²) in [5, 5.41) is 8.17. The van der Waals surface area contributed by atoms with Gasteiger partial charge >= 0.3 is 5.97 Å². The number of aromatic nitrogens is 4. The summed E-state index contributed by atoms with van der Waals surface area (Å²) in [7, 11) is 0. The second-order valence-corrected chi connectivity index (χ2v) is 6.57. The molecule has 4 aromatic rings. The third-order valence-electron chi connectivity index (χ3n) is 4.68. The average Bonchev–Trinajstić information content (AvgIpc) is 3.02. The van der Waals surface area contributed by atoms with Crippen molar-refractivity contribution in [3.05, 3.63) is 87.7 Å². The van der Waals surface area contributed by atoms with Crippen molar-refractivity contribution in [3.8, 4) is 5.69 Å². The van der Waals surface area contributed by atoms with Crippen molar-refractivity contribution in [1.82, 2.24) is 19.6 Å². The molecule has 2 aromatic carbocycles. The minimum Gasteiger partial charge on any atom is -0.438 e. The van der Waals surface area contributed by atoms with E-state index < -0.39 is 5.97 Å². The minimum atomic E-state index is -0.590. The Morgan fingerprint density at radius 2 is 1.83 bits per heavy atom. The van der Waals surface area contributed by atoms with Crippen LogP contribution in [-0.2, 0) is 11.5 Å². The highest BCUT2D eigenvalue weighted by Gasteiger charge is 2.18. The van der Waals surface area contributed by atoms with Crippen molar-refractivity contribution in [3.63, 3.8) is 0 Å². The van der Waals surface area contributed by atoms with Crippen LogP contribution < -0.4 is 5.56 Å². The fourth-order valence-electron chi connectivity index (χ4n) is 3.26. The van der Waals surface area contributed by atoms with E-state index in [0.717, 1.165) is 16.1 Å². The summed E-state index contributed by atoms with van der Waals surface area (Å²) in [5.74, 6) is -0.925. The van der Waals surface area contributed by atoms with E-state index in [4.69, 9.17) is 4.74 Å². The smallest absolute Gasteiger partial charge is 0.341 e. The van der Waals surface area contributed by atoms with Crippen LogP contribution in [0.1, 0.15) is 21.7 Å². The quantitative estimate of drug-likeness (QED) is 0.499. The Bertz CT molecular complexity index is 1280. The molecular weight excluding hydrogens is 375 g/mol. The van der Waals surface area contributed by atoms with Gasteiger partial charge in [0.25, 0.3) is 5.56 Å². The van der Waals surface area contributed by atoms with E-state index in [1.807, 2.05) is 11.5 Å². The Morgan fingerprint density at radius 1 is 1.10 bits per heavy atom. The standard InChI is InChI=1S/C21H17FN4O3/c1-13-11-18(14(2)26(13)16-9-7-15(22)8-10-16)21(28)29-12-25-20(27)17-5-3-4-6-19(17)23-24-25/h3-11H,12H2,1-2H3. The van der Waals surface area contributed by atoms with E-state index in [1.54, 1.807) is 49.4 Å². The fourth-order valence-corrected chi connectivity index (χ4v) is 3.26. The number of aryl methyl sites for hydroxylation is 1. The molecule has 29 heavy (non-hydrogen) atoms. The summed E-state index contributed by atoms with van der Waals surface area (Å²) in [4.78, 5) is 25.1. The van der Waals surface area contributed by atoms with Gasteiger partial charge in [-0.05, 0) is 56.3 Å². The molecule has 7 nitrogen and oxygen atoms in total. The van der Waals surface area contributed by atoms with Gasteiger partial charge in [-0.25, -0.2) is 9.18 Å². The summed E-state index contributed by atoms with van der Waals surface area (Å²) in [5.41, 5.74) is 2.62. The second kappa shape index (κ2) is 7.31. The van der Waals surface area contributed by atoms with Crippen LogP contribution in [0.2, 0.25) is 0 Å². The minimum absolute atomic E-state index is 0.335. The third kappa shape index (κ3) is 3.40. The molecule has 0 fully saturated rings. The first-order valence-electron chi connectivity index (χ1n) is 8.90. The largest absolute Gasteiger partial charge is 0.438 e. The molecule has 8 heteroatoms. The highest BCUT2D eigenvalue weighted by molar-refractivity contribution is 5.91. The van der Waals surface area contributed by atoms with Crippen LogP contribution >= 0.6 is 0 Å². The number of ether oxygens (including phenoxy) is 1. The molecule has 146 valence electrons. The van der Waals surface area contributed by atoms with Crippen molar-refractivity contribution in [2.24, 2.45) is 0 Å². The molecule has 0 aliphatic rings. The van der Waals surface area contributed by atoms with E-state index in [9.17, 15) is 14.0 Å². The van der Waals surface area contributed by atoms with Gasteiger partial charge in [0.15, 0.2) is 6.73 Å². The van der Waals surface area contributed by atoms with Crippen molar-refractivity contribution < 1.29 is 13.9 Å². The molecule has 0 saturated carbocycles. The Kier molecular flexibility index (Phi) is 4.67. The predicted molar refractivity (Wildman–Crippen MR) is 104 cm³/mol. The van der Waals surface area contributed by atoms with Gasteiger partial charge in [-0.15, -0.1) is 5.10 Å². The number of rotatable bonds is 4. The maximum absolute atomic E-state index is 13.2. The average molecular weight is 392 g/mol. The molecule has 0 radical (unpaired) electrons. The molecule has 2 aromatic heterocycles. The summed E-state index contributed by atoms with van der Waals surface area (Å²) < 4.78 is 21.3. The van der Waals surface area contributed by atoms with Crippen LogP contribution in [0.25, 0.3) is 16.6 Å². The lowest BCUT2D eigenvalue weighted by Gasteiger charge is -2.10. The van der Waals surface area contributed by atoms with Crippen molar-refractivity contribution in [2.75, 3.05) is 0 Å². The van der Waals surface area contributed by atoms with Crippen LogP contribution in [0.4, 0.5) is 4.39 Å². The van der Waals surface area contributed by atoms with Crippen LogP contribution in [0.3, 0.4) is 0 Å². The van der Waals surface area contributed by atoms with Crippen molar-refractivity contribution in [2.45, 2.75) is 20.6 Å². The van der Waals surface area contributed by atoms with E-state index in [0.29, 0.717) is 22.2 Å². The molecule has 0 amide bonds. The summed E-state index contributed by atoms with van der Waals surface area (Å²) in [6.45, 7) is 3.26. The number of nitrogens with zero attached hydrogens (tertiary/aromatic N) is 4. The second-order valence-electron chi connectivity index (χ2n) is 6.57. The predicted octanol–water partition coefficient (Wildman–Crippen LogP) is 3.15. The number of carbonyl (C=O) groups excluding carboxylic acids is 1. The molecule has 0 N–H and O–H groups in total. The van der Waals surface area contributed by atoms with Gasteiger partial charge in [0, 0.05) is 17.1 Å². The Hall–Kier alpha value is -3.81.